The van der Waals surface area contributed by atoms with E-state index in [9.17, 15) is 8.42 Å². The number of rotatable bonds is 9. The largest absolute Gasteiger partial charge is 0.489 e. The third kappa shape index (κ3) is 6.21. The van der Waals surface area contributed by atoms with Crippen molar-refractivity contribution in [2.45, 2.75) is 75.0 Å². The van der Waals surface area contributed by atoms with E-state index in [2.05, 4.69) is 51.6 Å². The van der Waals surface area contributed by atoms with Gasteiger partial charge < -0.3 is 20.3 Å². The fourth-order valence-electron chi connectivity index (χ4n) is 5.35. The molecule has 0 amide bonds. The second kappa shape index (κ2) is 11.9. The van der Waals surface area contributed by atoms with Crippen LogP contribution in [-0.2, 0) is 9.84 Å². The zero-order chi connectivity index (χ0) is 28.4. The number of likely N-dealkylation sites (tertiary alicyclic amines) is 1. The maximum Gasteiger partial charge on any atom is 0.229 e. The zero-order valence-corrected chi connectivity index (χ0v) is 25.1. The Balaban J connectivity index is 1.43. The summed E-state index contributed by atoms with van der Waals surface area (Å²) < 4.78 is 32.6. The maximum absolute atomic E-state index is 13.2. The van der Waals surface area contributed by atoms with E-state index in [1.54, 1.807) is 24.3 Å². The number of anilines is 4. The van der Waals surface area contributed by atoms with Crippen molar-refractivity contribution in [3.63, 3.8) is 0 Å². The number of sulfone groups is 1. The van der Waals surface area contributed by atoms with Gasteiger partial charge in [-0.05, 0) is 108 Å². The summed E-state index contributed by atoms with van der Waals surface area (Å²) in [5, 5.41) is 6.42. The number of hydrogen-bond acceptors (Lipinski definition) is 8. The molecule has 0 bridgehead atoms. The first-order valence-electron chi connectivity index (χ1n) is 14.0. The smallest absolute Gasteiger partial charge is 0.229 e. The minimum atomic E-state index is -3.45. The number of nitrogens with zero attached hydrogens (tertiary/aromatic N) is 3. The molecule has 1 aliphatic carbocycles. The number of piperidine rings is 1. The number of ether oxygens (including phenoxy) is 1. The molecular weight excluding hydrogens is 546 g/mol. The van der Waals surface area contributed by atoms with E-state index in [0.717, 1.165) is 43.8 Å². The summed E-state index contributed by atoms with van der Waals surface area (Å²) in [4.78, 5) is 11.6. The molecular formula is C30H38ClN5O3S. The first kappa shape index (κ1) is 28.6. The number of para-hydroxylation sites is 1. The molecule has 1 saturated heterocycles. The van der Waals surface area contributed by atoms with E-state index in [-0.39, 0.29) is 21.3 Å². The van der Waals surface area contributed by atoms with Crippen molar-refractivity contribution >= 4 is 44.6 Å². The summed E-state index contributed by atoms with van der Waals surface area (Å²) in [5.41, 5.74) is 3.72. The molecule has 2 fully saturated rings. The molecule has 214 valence electrons. The summed E-state index contributed by atoms with van der Waals surface area (Å²) in [5.74, 6) is 1.89. The van der Waals surface area contributed by atoms with Gasteiger partial charge in [-0.1, -0.05) is 30.2 Å². The van der Waals surface area contributed by atoms with Gasteiger partial charge >= 0.3 is 0 Å². The molecule has 2 N–H and O–H groups in total. The fourth-order valence-corrected chi connectivity index (χ4v) is 7.50. The van der Waals surface area contributed by atoms with Gasteiger partial charge in [0.15, 0.2) is 15.7 Å². The lowest BCUT2D eigenvalue weighted by Crippen LogP contribution is -2.29. The quantitative estimate of drug-likeness (QED) is 0.282. The van der Waals surface area contributed by atoms with Gasteiger partial charge in [0.1, 0.15) is 10.8 Å². The number of halogens is 1. The van der Waals surface area contributed by atoms with Gasteiger partial charge in [0.05, 0.1) is 33.8 Å². The average molecular weight is 584 g/mol. The third-order valence-corrected chi connectivity index (χ3v) is 10.4. The van der Waals surface area contributed by atoms with Crippen LogP contribution in [0.25, 0.3) is 0 Å². The Morgan fingerprint density at radius 1 is 1.05 bits per heavy atom. The molecule has 0 atom stereocenters. The van der Waals surface area contributed by atoms with Gasteiger partial charge in [-0.25, -0.2) is 13.4 Å². The molecule has 1 saturated carbocycles. The van der Waals surface area contributed by atoms with Crippen LogP contribution in [0, 0.1) is 6.92 Å². The molecule has 10 heteroatoms. The van der Waals surface area contributed by atoms with E-state index < -0.39 is 9.84 Å². The molecule has 0 spiro atoms. The average Bonchev–Trinajstić information content (AvgIpc) is 2.87. The Bertz CT molecular complexity index is 1470. The zero-order valence-electron chi connectivity index (χ0n) is 23.6. The van der Waals surface area contributed by atoms with Gasteiger partial charge in [0, 0.05) is 0 Å². The van der Waals surface area contributed by atoms with Crippen LogP contribution in [0.1, 0.15) is 63.0 Å². The molecule has 2 aliphatic rings. The van der Waals surface area contributed by atoms with Crippen molar-refractivity contribution in [1.82, 2.24) is 14.9 Å². The topological polar surface area (TPSA) is 96.5 Å². The van der Waals surface area contributed by atoms with Crippen LogP contribution >= 0.6 is 11.6 Å². The molecule has 2 heterocycles. The molecule has 3 aromatic rings. The van der Waals surface area contributed by atoms with Crippen molar-refractivity contribution in [2.24, 2.45) is 0 Å². The van der Waals surface area contributed by atoms with Crippen LogP contribution in [0.2, 0.25) is 5.02 Å². The van der Waals surface area contributed by atoms with Gasteiger partial charge in [-0.15, -0.1) is 0 Å². The Morgan fingerprint density at radius 2 is 1.77 bits per heavy atom. The molecule has 2 aromatic carbocycles. The lowest BCUT2D eigenvalue weighted by Gasteiger charge is -2.30. The van der Waals surface area contributed by atoms with Crippen LogP contribution in [0.5, 0.6) is 5.75 Å². The maximum atomic E-state index is 13.2. The predicted octanol–water partition coefficient (Wildman–Crippen LogP) is 6.85. The van der Waals surface area contributed by atoms with Crippen molar-refractivity contribution in [1.29, 1.82) is 0 Å². The highest BCUT2D eigenvalue weighted by Gasteiger charge is 2.34. The molecule has 0 radical (unpaired) electrons. The molecule has 5 rings (SSSR count). The van der Waals surface area contributed by atoms with Crippen LogP contribution in [0.4, 0.5) is 23.1 Å². The minimum Gasteiger partial charge on any atom is -0.489 e. The Kier molecular flexibility index (Phi) is 8.54. The number of aryl methyl sites for hydroxylation is 1. The highest BCUT2D eigenvalue weighted by molar-refractivity contribution is 7.92. The van der Waals surface area contributed by atoms with Crippen LogP contribution in [0.15, 0.2) is 47.5 Å². The third-order valence-electron chi connectivity index (χ3n) is 7.82. The SMILES string of the molecule is Cc1cc(Nc2ncc(Cl)c(Nc3ccccc3S(=O)(=O)C3CCC3)n2)c(OC(C)C)cc1C1CCN(C)CC1. The number of aromatic nitrogens is 2. The van der Waals surface area contributed by atoms with Crippen molar-refractivity contribution in [2.75, 3.05) is 30.8 Å². The lowest BCUT2D eigenvalue weighted by molar-refractivity contribution is 0.241. The Morgan fingerprint density at radius 3 is 2.45 bits per heavy atom. The van der Waals surface area contributed by atoms with E-state index in [1.807, 2.05) is 13.8 Å². The monoisotopic (exact) mass is 583 g/mol. The van der Waals surface area contributed by atoms with Crippen molar-refractivity contribution in [3.05, 3.63) is 58.7 Å². The van der Waals surface area contributed by atoms with E-state index in [1.165, 1.54) is 17.3 Å². The fraction of sp³-hybridized carbons (Fsp3) is 0.467. The lowest BCUT2D eigenvalue weighted by atomic mass is 9.86. The number of benzene rings is 2. The highest BCUT2D eigenvalue weighted by Crippen LogP contribution is 2.39. The van der Waals surface area contributed by atoms with Gasteiger partial charge in [-0.3, -0.25) is 0 Å². The summed E-state index contributed by atoms with van der Waals surface area (Å²) in [6, 6.07) is 11.1. The number of hydrogen-bond donors (Lipinski definition) is 2. The molecule has 1 aromatic heterocycles. The Hall–Kier alpha value is -2.88. The molecule has 0 unspecified atom stereocenters. The second-order valence-corrected chi connectivity index (χ2v) is 13.8. The van der Waals surface area contributed by atoms with E-state index >= 15 is 0 Å². The Labute approximate surface area is 242 Å². The van der Waals surface area contributed by atoms with Crippen LogP contribution in [0.3, 0.4) is 0 Å². The molecule has 8 nitrogen and oxygen atoms in total. The highest BCUT2D eigenvalue weighted by atomic mass is 35.5. The van der Waals surface area contributed by atoms with Crippen molar-refractivity contribution < 1.29 is 13.2 Å². The van der Waals surface area contributed by atoms with E-state index in [0.29, 0.717) is 36.2 Å². The minimum absolute atomic E-state index is 0.00826. The van der Waals surface area contributed by atoms with Gasteiger partial charge in [-0.2, -0.15) is 4.98 Å². The first-order chi connectivity index (χ1) is 19.1. The summed E-state index contributed by atoms with van der Waals surface area (Å²) >= 11 is 6.47. The molecule has 40 heavy (non-hydrogen) atoms. The standard InChI is InChI=1S/C30H38ClN5O3S/c1-19(2)39-27-17-23(21-12-14-36(4)15-13-21)20(3)16-26(27)34-30-32-18-24(31)29(35-30)33-25-10-5-6-11-28(25)40(37,38)22-8-7-9-22/h5-6,10-11,16-19,21-22H,7-9,12-15H2,1-4H3,(H2,32,33,34,35). The normalized spacial score (nSPS) is 17.1. The summed E-state index contributed by atoms with van der Waals surface area (Å²) in [6.45, 7) is 8.32. The van der Waals surface area contributed by atoms with E-state index in [4.69, 9.17) is 16.3 Å². The number of nitrogens with one attached hydrogen (secondary N) is 2. The first-order valence-corrected chi connectivity index (χ1v) is 15.9. The van der Waals surface area contributed by atoms with Gasteiger partial charge in [0.25, 0.3) is 0 Å². The second-order valence-electron chi connectivity index (χ2n) is 11.2. The van der Waals surface area contributed by atoms with Crippen molar-refractivity contribution in [3.8, 4) is 5.75 Å². The predicted molar refractivity (Wildman–Crippen MR) is 161 cm³/mol. The van der Waals surface area contributed by atoms with Crippen LogP contribution < -0.4 is 15.4 Å². The summed E-state index contributed by atoms with van der Waals surface area (Å²) in [7, 11) is -1.28. The van der Waals surface area contributed by atoms with Crippen LogP contribution in [-0.4, -0.2) is 54.8 Å². The summed E-state index contributed by atoms with van der Waals surface area (Å²) in [6.07, 6.45) is 6.06. The van der Waals surface area contributed by atoms with Gasteiger partial charge in [0.2, 0.25) is 5.95 Å². The molecule has 1 aliphatic heterocycles.